The molecular formula is C13H20N2O2. The average molecular weight is 236 g/mol. The van der Waals surface area contributed by atoms with Crippen molar-refractivity contribution in [2.24, 2.45) is 5.73 Å². The zero-order valence-electron chi connectivity index (χ0n) is 10.4. The van der Waals surface area contributed by atoms with Crippen molar-refractivity contribution in [2.45, 2.75) is 25.8 Å². The summed E-state index contributed by atoms with van der Waals surface area (Å²) in [6.07, 6.45) is 1.30. The zero-order valence-corrected chi connectivity index (χ0v) is 10.4. The van der Waals surface area contributed by atoms with Crippen LogP contribution in [0, 0.1) is 0 Å². The third-order valence-corrected chi connectivity index (χ3v) is 2.57. The number of nitrogens with two attached hydrogens (primary N) is 1. The quantitative estimate of drug-likeness (QED) is 0.745. The summed E-state index contributed by atoms with van der Waals surface area (Å²) in [6, 6.07) is 8.11. The summed E-state index contributed by atoms with van der Waals surface area (Å²) in [5.74, 6) is 0.596. The van der Waals surface area contributed by atoms with Crippen LogP contribution in [0.1, 0.15) is 18.9 Å². The van der Waals surface area contributed by atoms with E-state index in [1.54, 1.807) is 7.11 Å². The molecule has 1 aromatic carbocycles. The van der Waals surface area contributed by atoms with E-state index in [-0.39, 0.29) is 11.9 Å². The molecule has 0 heterocycles. The van der Waals surface area contributed by atoms with Crippen molar-refractivity contribution in [3.8, 4) is 5.75 Å². The van der Waals surface area contributed by atoms with Crippen LogP contribution in [0.15, 0.2) is 24.3 Å². The fraction of sp³-hybridized carbons (Fsp3) is 0.462. The predicted octanol–water partition coefficient (Wildman–Crippen LogP) is 1.09. The van der Waals surface area contributed by atoms with Crippen LogP contribution < -0.4 is 15.8 Å². The number of carbonyl (C=O) groups is 1. The molecule has 0 aliphatic rings. The maximum Gasteiger partial charge on any atom is 0.218 e. The molecule has 94 valence electrons. The molecule has 1 unspecified atom stereocenters. The summed E-state index contributed by atoms with van der Waals surface area (Å²) in [6.45, 7) is 2.79. The molecule has 3 N–H and O–H groups in total. The molecule has 4 heteroatoms. The van der Waals surface area contributed by atoms with Gasteiger partial charge in [-0.2, -0.15) is 0 Å². The average Bonchev–Trinajstić information content (AvgIpc) is 2.29. The molecule has 0 saturated heterocycles. The SMILES string of the molecule is COc1ccc(CCNC(C)CC(N)=O)cc1. The summed E-state index contributed by atoms with van der Waals surface area (Å²) in [5.41, 5.74) is 6.36. The van der Waals surface area contributed by atoms with Crippen LogP contribution in [-0.2, 0) is 11.2 Å². The van der Waals surface area contributed by atoms with Gasteiger partial charge in [0, 0.05) is 12.5 Å². The Kier molecular flexibility index (Phi) is 5.49. The first kappa shape index (κ1) is 13.5. The molecule has 4 nitrogen and oxygen atoms in total. The Morgan fingerprint density at radius 3 is 2.59 bits per heavy atom. The zero-order chi connectivity index (χ0) is 12.7. The van der Waals surface area contributed by atoms with Gasteiger partial charge < -0.3 is 15.8 Å². The van der Waals surface area contributed by atoms with Crippen molar-refractivity contribution < 1.29 is 9.53 Å². The first-order chi connectivity index (χ1) is 8.11. The highest BCUT2D eigenvalue weighted by atomic mass is 16.5. The lowest BCUT2D eigenvalue weighted by Crippen LogP contribution is -2.32. The van der Waals surface area contributed by atoms with E-state index in [0.29, 0.717) is 6.42 Å². The minimum Gasteiger partial charge on any atom is -0.497 e. The summed E-state index contributed by atoms with van der Waals surface area (Å²) >= 11 is 0. The van der Waals surface area contributed by atoms with Crippen LogP contribution in [0.25, 0.3) is 0 Å². The van der Waals surface area contributed by atoms with Gasteiger partial charge in [-0.25, -0.2) is 0 Å². The summed E-state index contributed by atoms with van der Waals surface area (Å²) < 4.78 is 5.09. The Bertz CT molecular complexity index is 349. The van der Waals surface area contributed by atoms with Crippen LogP contribution in [-0.4, -0.2) is 25.6 Å². The van der Waals surface area contributed by atoms with Crippen molar-refractivity contribution in [1.82, 2.24) is 5.32 Å². The lowest BCUT2D eigenvalue weighted by molar-refractivity contribution is -0.118. The second-order valence-corrected chi connectivity index (χ2v) is 4.12. The number of ether oxygens (including phenoxy) is 1. The summed E-state index contributed by atoms with van der Waals surface area (Å²) in [4.78, 5) is 10.7. The number of hydrogen-bond donors (Lipinski definition) is 2. The number of primary amides is 1. The van der Waals surface area contributed by atoms with Gasteiger partial charge in [0.25, 0.3) is 0 Å². The van der Waals surface area contributed by atoms with Crippen molar-refractivity contribution in [2.75, 3.05) is 13.7 Å². The molecule has 0 bridgehead atoms. The van der Waals surface area contributed by atoms with Gasteiger partial charge in [-0.3, -0.25) is 4.79 Å². The van der Waals surface area contributed by atoms with Crippen LogP contribution in [0.3, 0.4) is 0 Å². The van der Waals surface area contributed by atoms with Gasteiger partial charge in [0.2, 0.25) is 5.91 Å². The molecule has 0 aliphatic heterocycles. The molecule has 0 aromatic heterocycles. The molecule has 0 aliphatic carbocycles. The monoisotopic (exact) mass is 236 g/mol. The van der Waals surface area contributed by atoms with Gasteiger partial charge >= 0.3 is 0 Å². The van der Waals surface area contributed by atoms with Crippen molar-refractivity contribution >= 4 is 5.91 Å². The lowest BCUT2D eigenvalue weighted by Gasteiger charge is -2.11. The molecule has 0 fully saturated rings. The molecule has 0 radical (unpaired) electrons. The first-order valence-corrected chi connectivity index (χ1v) is 5.76. The smallest absolute Gasteiger partial charge is 0.218 e. The number of hydrogen-bond acceptors (Lipinski definition) is 3. The second kappa shape index (κ2) is 6.91. The van der Waals surface area contributed by atoms with E-state index in [9.17, 15) is 4.79 Å². The van der Waals surface area contributed by atoms with Gasteiger partial charge in [0.1, 0.15) is 5.75 Å². The number of methoxy groups -OCH3 is 1. The van der Waals surface area contributed by atoms with E-state index in [1.807, 2.05) is 31.2 Å². The third kappa shape index (κ3) is 5.36. The van der Waals surface area contributed by atoms with Crippen LogP contribution in [0.2, 0.25) is 0 Å². The normalized spacial score (nSPS) is 12.1. The number of rotatable bonds is 7. The first-order valence-electron chi connectivity index (χ1n) is 5.76. The van der Waals surface area contributed by atoms with Crippen molar-refractivity contribution in [1.29, 1.82) is 0 Å². The highest BCUT2D eigenvalue weighted by molar-refractivity contribution is 5.74. The van der Waals surface area contributed by atoms with Gasteiger partial charge in [0.05, 0.1) is 7.11 Å². The maximum atomic E-state index is 10.7. The number of nitrogens with one attached hydrogen (secondary N) is 1. The maximum absolute atomic E-state index is 10.7. The topological polar surface area (TPSA) is 64.3 Å². The highest BCUT2D eigenvalue weighted by Gasteiger charge is 2.04. The number of carbonyl (C=O) groups excluding carboxylic acids is 1. The van der Waals surface area contributed by atoms with E-state index in [0.717, 1.165) is 18.7 Å². The molecule has 0 saturated carbocycles. The van der Waals surface area contributed by atoms with Gasteiger partial charge in [-0.1, -0.05) is 12.1 Å². The van der Waals surface area contributed by atoms with E-state index >= 15 is 0 Å². The fourth-order valence-electron chi connectivity index (χ4n) is 1.63. The third-order valence-electron chi connectivity index (χ3n) is 2.57. The van der Waals surface area contributed by atoms with E-state index in [1.165, 1.54) is 5.56 Å². The number of amides is 1. The molecule has 1 amide bonds. The lowest BCUT2D eigenvalue weighted by atomic mass is 10.1. The van der Waals surface area contributed by atoms with Gasteiger partial charge in [-0.15, -0.1) is 0 Å². The van der Waals surface area contributed by atoms with Crippen LogP contribution in [0.4, 0.5) is 0 Å². The Labute approximate surface area is 102 Å². The summed E-state index contributed by atoms with van der Waals surface area (Å²) in [5, 5.41) is 3.26. The highest BCUT2D eigenvalue weighted by Crippen LogP contribution is 2.11. The Morgan fingerprint density at radius 2 is 2.06 bits per heavy atom. The minimum atomic E-state index is -0.269. The Balaban J connectivity index is 2.28. The van der Waals surface area contributed by atoms with Crippen molar-refractivity contribution in [3.63, 3.8) is 0 Å². The fourth-order valence-corrected chi connectivity index (χ4v) is 1.63. The number of benzene rings is 1. The molecule has 1 atom stereocenters. The predicted molar refractivity (Wildman–Crippen MR) is 68.0 cm³/mol. The van der Waals surface area contributed by atoms with E-state index < -0.39 is 0 Å². The van der Waals surface area contributed by atoms with Gasteiger partial charge in [0.15, 0.2) is 0 Å². The Hall–Kier alpha value is -1.55. The molecule has 1 aromatic rings. The largest absolute Gasteiger partial charge is 0.497 e. The summed E-state index contributed by atoms with van der Waals surface area (Å²) in [7, 11) is 1.65. The Morgan fingerprint density at radius 1 is 1.41 bits per heavy atom. The molecule has 1 rings (SSSR count). The van der Waals surface area contributed by atoms with Gasteiger partial charge in [-0.05, 0) is 37.6 Å². The van der Waals surface area contributed by atoms with E-state index in [2.05, 4.69) is 5.32 Å². The van der Waals surface area contributed by atoms with Crippen LogP contribution in [0.5, 0.6) is 5.75 Å². The second-order valence-electron chi connectivity index (χ2n) is 4.12. The standard InChI is InChI=1S/C13H20N2O2/c1-10(9-13(14)16)15-8-7-11-3-5-12(17-2)6-4-11/h3-6,10,15H,7-9H2,1-2H3,(H2,14,16). The van der Waals surface area contributed by atoms with Crippen LogP contribution >= 0.6 is 0 Å². The molecule has 0 spiro atoms. The minimum absolute atomic E-state index is 0.130. The van der Waals surface area contributed by atoms with E-state index in [4.69, 9.17) is 10.5 Å². The molecular weight excluding hydrogens is 216 g/mol. The molecule has 17 heavy (non-hydrogen) atoms. The van der Waals surface area contributed by atoms with Crippen molar-refractivity contribution in [3.05, 3.63) is 29.8 Å².